The summed E-state index contributed by atoms with van der Waals surface area (Å²) in [4.78, 5) is 0. The van der Waals surface area contributed by atoms with E-state index in [9.17, 15) is 0 Å². The molecule has 0 amide bonds. The van der Waals surface area contributed by atoms with Crippen LogP contribution in [0.25, 0.3) is 0 Å². The molecule has 3 heteroatoms. The first-order valence-electron chi connectivity index (χ1n) is 6.48. The van der Waals surface area contributed by atoms with Crippen molar-refractivity contribution in [2.24, 2.45) is 0 Å². The first-order chi connectivity index (χ1) is 9.45. The van der Waals surface area contributed by atoms with Crippen molar-refractivity contribution >= 4 is 23.8 Å². The number of halogens is 1. The van der Waals surface area contributed by atoms with E-state index in [0.717, 1.165) is 0 Å². The largest absolute Gasteiger partial charge is 1.00 e. The van der Waals surface area contributed by atoms with Crippen molar-refractivity contribution in [3.05, 3.63) is 91.0 Å². The molecular weight excluding hydrogens is 346 g/mol. The summed E-state index contributed by atoms with van der Waals surface area (Å²) in [6.45, 7) is 0. The summed E-state index contributed by atoms with van der Waals surface area (Å²) in [5.41, 5.74) is 0. The van der Waals surface area contributed by atoms with E-state index in [1.807, 2.05) is 0 Å². The second-order valence-corrected chi connectivity index (χ2v) is 6.96. The molecule has 0 aromatic heterocycles. The summed E-state index contributed by atoms with van der Waals surface area (Å²) in [5.74, 6) is 0. The first kappa shape index (κ1) is 17.9. The average Bonchev–Trinajstić information content (AvgIpc) is 2.51. The fourth-order valence-electron chi connectivity index (χ4n) is 2.31. The molecular formula is C18H16ClCuP. The zero-order valence-corrected chi connectivity index (χ0v) is 14.0. The van der Waals surface area contributed by atoms with Crippen molar-refractivity contribution in [1.82, 2.24) is 0 Å². The van der Waals surface area contributed by atoms with Crippen LogP contribution >= 0.6 is 7.92 Å². The molecule has 0 bridgehead atoms. The van der Waals surface area contributed by atoms with Crippen molar-refractivity contribution < 1.29 is 29.5 Å². The molecule has 0 fully saturated rings. The van der Waals surface area contributed by atoms with Crippen LogP contribution in [0, 0.1) is 0 Å². The van der Waals surface area contributed by atoms with Gasteiger partial charge in [0.2, 0.25) is 0 Å². The van der Waals surface area contributed by atoms with Gasteiger partial charge in [-0.2, -0.15) is 0 Å². The van der Waals surface area contributed by atoms with Gasteiger partial charge in [-0.15, -0.1) is 0 Å². The summed E-state index contributed by atoms with van der Waals surface area (Å²) in [7, 11) is -0.877. The monoisotopic (exact) mass is 361 g/mol. The summed E-state index contributed by atoms with van der Waals surface area (Å²) in [5, 5.41) is 4.31. The van der Waals surface area contributed by atoms with Gasteiger partial charge in [0.1, 0.15) is 15.9 Å². The molecule has 0 saturated carbocycles. The Morgan fingerprint density at radius 2 is 0.667 bits per heavy atom. The molecule has 0 aliphatic heterocycles. The normalized spacial score (nSPS) is 9.57. The van der Waals surface area contributed by atoms with Crippen LogP contribution in [0.15, 0.2) is 91.0 Å². The van der Waals surface area contributed by atoms with E-state index in [2.05, 4.69) is 91.0 Å². The maximum Gasteiger partial charge on any atom is 0.102 e. The van der Waals surface area contributed by atoms with Crippen LogP contribution in [0.3, 0.4) is 0 Å². The van der Waals surface area contributed by atoms with Crippen LogP contribution in [0.1, 0.15) is 0 Å². The Morgan fingerprint density at radius 1 is 0.429 bits per heavy atom. The average molecular weight is 362 g/mol. The SMILES string of the molecule is [Cl-].[Cu].c1ccc([PH+](c2ccccc2)c2ccccc2)cc1. The van der Waals surface area contributed by atoms with E-state index >= 15 is 0 Å². The quantitative estimate of drug-likeness (QED) is 0.461. The van der Waals surface area contributed by atoms with Crippen molar-refractivity contribution in [1.29, 1.82) is 0 Å². The Bertz CT molecular complexity index is 535. The number of hydrogen-bond acceptors (Lipinski definition) is 0. The van der Waals surface area contributed by atoms with Crippen molar-refractivity contribution in [3.8, 4) is 0 Å². The smallest absolute Gasteiger partial charge is 0.102 e. The van der Waals surface area contributed by atoms with E-state index in [1.165, 1.54) is 15.9 Å². The number of hydrogen-bond donors (Lipinski definition) is 0. The van der Waals surface area contributed by atoms with E-state index in [0.29, 0.717) is 0 Å². The van der Waals surface area contributed by atoms with Gasteiger partial charge in [-0.1, -0.05) is 54.6 Å². The molecule has 0 heterocycles. The molecule has 3 rings (SSSR count). The van der Waals surface area contributed by atoms with Gasteiger partial charge in [-0.3, -0.25) is 0 Å². The molecule has 0 saturated heterocycles. The molecule has 0 unspecified atom stereocenters. The minimum atomic E-state index is -0.877. The third kappa shape index (κ3) is 4.43. The van der Waals surface area contributed by atoms with Gasteiger partial charge in [0.25, 0.3) is 0 Å². The van der Waals surface area contributed by atoms with E-state index < -0.39 is 7.92 Å². The van der Waals surface area contributed by atoms with Crippen LogP contribution in [0.5, 0.6) is 0 Å². The van der Waals surface area contributed by atoms with E-state index in [1.54, 1.807) is 0 Å². The van der Waals surface area contributed by atoms with Crippen LogP contribution in [0.4, 0.5) is 0 Å². The van der Waals surface area contributed by atoms with Gasteiger partial charge in [0.05, 0.1) is 7.92 Å². The zero-order chi connectivity index (χ0) is 12.9. The van der Waals surface area contributed by atoms with Crippen LogP contribution in [-0.4, -0.2) is 0 Å². The van der Waals surface area contributed by atoms with E-state index in [-0.39, 0.29) is 29.5 Å². The summed E-state index contributed by atoms with van der Waals surface area (Å²) in [6.07, 6.45) is 0. The van der Waals surface area contributed by atoms with Gasteiger partial charge >= 0.3 is 0 Å². The predicted molar refractivity (Wildman–Crippen MR) is 86.5 cm³/mol. The van der Waals surface area contributed by atoms with E-state index in [4.69, 9.17) is 0 Å². The zero-order valence-electron chi connectivity index (χ0n) is 11.3. The van der Waals surface area contributed by atoms with Crippen molar-refractivity contribution in [3.63, 3.8) is 0 Å². The minimum absolute atomic E-state index is 0. The minimum Gasteiger partial charge on any atom is -1.00 e. The Kier molecular flexibility index (Phi) is 7.72. The summed E-state index contributed by atoms with van der Waals surface area (Å²) >= 11 is 0. The van der Waals surface area contributed by atoms with Gasteiger partial charge in [-0.05, 0) is 36.4 Å². The standard InChI is InChI=1S/C18H15P.ClH.Cu/c1-4-10-16(11-5-1)19(17-12-6-2-7-13-17)18-14-8-3-9-15-18;;/h1-15H;1H;. The Hall–Kier alpha value is -1.10. The van der Waals surface area contributed by atoms with Crippen molar-refractivity contribution in [2.45, 2.75) is 0 Å². The Balaban J connectivity index is 0.00000110. The maximum absolute atomic E-state index is 2.24. The van der Waals surface area contributed by atoms with Crippen LogP contribution in [0.2, 0.25) is 0 Å². The van der Waals surface area contributed by atoms with Gasteiger partial charge in [-0.25, -0.2) is 0 Å². The summed E-state index contributed by atoms with van der Waals surface area (Å²) < 4.78 is 0. The second-order valence-electron chi connectivity index (χ2n) is 4.47. The molecule has 3 aromatic carbocycles. The topological polar surface area (TPSA) is 0 Å². The molecule has 111 valence electrons. The molecule has 0 spiro atoms. The van der Waals surface area contributed by atoms with Crippen LogP contribution < -0.4 is 28.3 Å². The number of benzene rings is 3. The molecule has 1 radical (unpaired) electrons. The maximum atomic E-state index is 2.24. The molecule has 3 aromatic rings. The molecule has 0 aliphatic carbocycles. The Morgan fingerprint density at radius 3 is 0.905 bits per heavy atom. The molecule has 0 N–H and O–H groups in total. The molecule has 0 atom stereocenters. The third-order valence-corrected chi connectivity index (χ3v) is 5.92. The number of rotatable bonds is 3. The fourth-order valence-corrected chi connectivity index (χ4v) is 4.89. The first-order valence-corrected chi connectivity index (χ1v) is 7.98. The van der Waals surface area contributed by atoms with Crippen LogP contribution in [-0.2, 0) is 17.1 Å². The van der Waals surface area contributed by atoms with Gasteiger partial charge < -0.3 is 12.4 Å². The fraction of sp³-hybridized carbons (Fsp3) is 0. The second kappa shape index (κ2) is 9.03. The predicted octanol–water partition coefficient (Wildman–Crippen LogP) is 0.179. The Labute approximate surface area is 144 Å². The summed E-state index contributed by atoms with van der Waals surface area (Å²) in [6, 6.07) is 32.5. The third-order valence-electron chi connectivity index (χ3n) is 3.19. The van der Waals surface area contributed by atoms with Gasteiger partial charge in [0.15, 0.2) is 0 Å². The molecule has 21 heavy (non-hydrogen) atoms. The molecule has 0 aliphatic rings. The molecule has 0 nitrogen and oxygen atoms in total. The van der Waals surface area contributed by atoms with Crippen molar-refractivity contribution in [2.75, 3.05) is 0 Å². The van der Waals surface area contributed by atoms with Gasteiger partial charge in [0, 0.05) is 17.1 Å².